The van der Waals surface area contributed by atoms with E-state index < -0.39 is 86.8 Å². The van der Waals surface area contributed by atoms with Crippen LogP contribution in [0.5, 0.6) is 0 Å². The van der Waals surface area contributed by atoms with E-state index in [-0.39, 0.29) is 18.9 Å². The van der Waals surface area contributed by atoms with E-state index in [1.165, 1.54) is 122 Å². The second kappa shape index (κ2) is 43.9. The van der Waals surface area contributed by atoms with Crippen LogP contribution in [-0.4, -0.2) is 140 Å². The third-order valence-electron chi connectivity index (χ3n) is 13.7. The van der Waals surface area contributed by atoms with Gasteiger partial charge in [0.05, 0.1) is 32.0 Å². The molecule has 418 valence electrons. The first kappa shape index (κ1) is 65.8. The van der Waals surface area contributed by atoms with Crippen LogP contribution in [-0.2, 0) is 23.7 Å². The van der Waals surface area contributed by atoms with Gasteiger partial charge in [-0.15, -0.1) is 0 Å². The smallest absolute Gasteiger partial charge is 0.220 e. The standard InChI is InChI=1S/C58H103NO13/c1-3-5-7-8-9-10-11-12-13-14-15-16-17-18-19-20-21-22-23-24-25-26-27-28-29-30-31-32-33-34-35-36-37-38-40-42-50(63)59-46(47(62)41-39-6-4-2)45-69-57-55(68)53(66)56(49(44-61)71-57)72-58-54(67)52(65)51(64)48(43-60)70-58/h5,7,9-10,12-13,15-16,39,41,46-49,51-58,60-62,64-68H,3-4,6,8,11,14,17-38,40,42-45H2,1-2H3,(H,59,63)/b7-5-,10-9-,13-12-,16-15-,41-39+. The highest BCUT2D eigenvalue weighted by molar-refractivity contribution is 5.76. The lowest BCUT2D eigenvalue weighted by Gasteiger charge is -2.46. The molecule has 0 aromatic carbocycles. The van der Waals surface area contributed by atoms with Gasteiger partial charge in [0.2, 0.25) is 5.91 Å². The van der Waals surface area contributed by atoms with Crippen molar-refractivity contribution in [3.05, 3.63) is 60.8 Å². The summed E-state index contributed by atoms with van der Waals surface area (Å²) in [4.78, 5) is 13.0. The number of ether oxygens (including phenoxy) is 4. The second-order valence-electron chi connectivity index (χ2n) is 20.0. The molecule has 2 fully saturated rings. The fourth-order valence-corrected chi connectivity index (χ4v) is 9.11. The molecule has 12 atom stereocenters. The van der Waals surface area contributed by atoms with Gasteiger partial charge in [0, 0.05) is 6.42 Å². The SMILES string of the molecule is CC/C=C\C/C=C\C/C=C\C/C=C\CCCCCCCCCCCCCCCCCCCCCCCCC(=O)NC(COC1OC(CO)C(OC2OC(CO)C(O)C(O)C2O)C(O)C1O)C(O)/C=C/CCC. The molecular weight excluding hydrogens is 919 g/mol. The van der Waals surface area contributed by atoms with Crippen molar-refractivity contribution in [1.29, 1.82) is 0 Å². The number of nitrogens with one attached hydrogen (secondary N) is 1. The maximum Gasteiger partial charge on any atom is 0.220 e. The Morgan fingerprint density at radius 2 is 0.958 bits per heavy atom. The predicted molar refractivity (Wildman–Crippen MR) is 286 cm³/mol. The summed E-state index contributed by atoms with van der Waals surface area (Å²) in [5.74, 6) is -0.251. The van der Waals surface area contributed by atoms with Crippen LogP contribution in [0.1, 0.15) is 206 Å². The molecule has 2 saturated heterocycles. The Kier molecular flexibility index (Phi) is 40.1. The Labute approximate surface area is 435 Å². The zero-order chi connectivity index (χ0) is 52.4. The molecule has 14 heteroatoms. The van der Waals surface area contributed by atoms with Crippen LogP contribution in [0.3, 0.4) is 0 Å². The van der Waals surface area contributed by atoms with Crippen molar-refractivity contribution in [2.75, 3.05) is 19.8 Å². The first-order valence-corrected chi connectivity index (χ1v) is 28.5. The largest absolute Gasteiger partial charge is 0.394 e. The van der Waals surface area contributed by atoms with Gasteiger partial charge in [-0.3, -0.25) is 4.79 Å². The Morgan fingerprint density at radius 3 is 1.44 bits per heavy atom. The van der Waals surface area contributed by atoms with Gasteiger partial charge in [-0.25, -0.2) is 0 Å². The number of carbonyl (C=O) groups excluding carboxylic acids is 1. The maximum atomic E-state index is 13.0. The van der Waals surface area contributed by atoms with Crippen LogP contribution in [0, 0.1) is 0 Å². The van der Waals surface area contributed by atoms with Crippen molar-refractivity contribution in [1.82, 2.24) is 5.32 Å². The van der Waals surface area contributed by atoms with Gasteiger partial charge in [-0.2, -0.15) is 0 Å². The number of amides is 1. The molecule has 9 N–H and O–H groups in total. The lowest BCUT2D eigenvalue weighted by molar-refractivity contribution is -0.359. The average molecular weight is 1020 g/mol. The molecule has 14 nitrogen and oxygen atoms in total. The Morgan fingerprint density at radius 1 is 0.514 bits per heavy atom. The van der Waals surface area contributed by atoms with E-state index in [2.05, 4.69) is 60.8 Å². The van der Waals surface area contributed by atoms with Crippen molar-refractivity contribution in [2.24, 2.45) is 0 Å². The number of hydrogen-bond donors (Lipinski definition) is 9. The summed E-state index contributed by atoms with van der Waals surface area (Å²) in [5.41, 5.74) is 0. The predicted octanol–water partition coefficient (Wildman–Crippen LogP) is 9.00. The zero-order valence-corrected chi connectivity index (χ0v) is 44.7. The number of aliphatic hydroxyl groups is 8. The minimum absolute atomic E-state index is 0.251. The van der Waals surface area contributed by atoms with Crippen molar-refractivity contribution in [2.45, 2.75) is 280 Å². The van der Waals surface area contributed by atoms with Crippen LogP contribution < -0.4 is 5.32 Å². The summed E-state index contributed by atoms with van der Waals surface area (Å²) >= 11 is 0. The van der Waals surface area contributed by atoms with E-state index in [1.54, 1.807) is 6.08 Å². The Bertz CT molecular complexity index is 1440. The van der Waals surface area contributed by atoms with Gasteiger partial charge in [0.15, 0.2) is 12.6 Å². The summed E-state index contributed by atoms with van der Waals surface area (Å²) in [6, 6.07) is -0.909. The summed E-state index contributed by atoms with van der Waals surface area (Å²) in [7, 11) is 0. The van der Waals surface area contributed by atoms with E-state index in [1.807, 2.05) is 13.0 Å². The van der Waals surface area contributed by atoms with E-state index in [0.717, 1.165) is 57.8 Å². The molecule has 2 heterocycles. The summed E-state index contributed by atoms with van der Waals surface area (Å²) in [5, 5.41) is 86.0. The highest BCUT2D eigenvalue weighted by atomic mass is 16.7. The lowest BCUT2D eigenvalue weighted by atomic mass is 9.97. The molecule has 2 aliphatic rings. The number of unbranched alkanes of at least 4 members (excludes halogenated alkanes) is 23. The molecule has 0 bridgehead atoms. The number of rotatable bonds is 44. The summed E-state index contributed by atoms with van der Waals surface area (Å²) < 4.78 is 22.5. The second-order valence-corrected chi connectivity index (χ2v) is 20.0. The number of allylic oxidation sites excluding steroid dienone is 9. The van der Waals surface area contributed by atoms with Crippen molar-refractivity contribution in [3.8, 4) is 0 Å². The first-order chi connectivity index (χ1) is 35.1. The van der Waals surface area contributed by atoms with Gasteiger partial charge in [-0.1, -0.05) is 209 Å². The fraction of sp³-hybridized carbons (Fsp3) is 0.810. The first-order valence-electron chi connectivity index (χ1n) is 28.5. The van der Waals surface area contributed by atoms with E-state index in [9.17, 15) is 45.6 Å². The molecule has 0 aromatic rings. The highest BCUT2D eigenvalue weighted by Gasteiger charge is 2.51. The number of carbonyl (C=O) groups is 1. The van der Waals surface area contributed by atoms with E-state index >= 15 is 0 Å². The highest BCUT2D eigenvalue weighted by Crippen LogP contribution is 2.30. The lowest BCUT2D eigenvalue weighted by Crippen LogP contribution is -2.65. The molecule has 0 saturated carbocycles. The third-order valence-corrected chi connectivity index (χ3v) is 13.7. The van der Waals surface area contributed by atoms with Crippen LogP contribution in [0.4, 0.5) is 0 Å². The van der Waals surface area contributed by atoms with Crippen LogP contribution in [0.15, 0.2) is 60.8 Å². The van der Waals surface area contributed by atoms with Gasteiger partial charge in [0.25, 0.3) is 0 Å². The van der Waals surface area contributed by atoms with Crippen molar-refractivity contribution < 1.29 is 64.6 Å². The average Bonchev–Trinajstić information content (AvgIpc) is 3.38. The normalized spacial score (nSPS) is 26.0. The number of aliphatic hydroxyl groups excluding tert-OH is 8. The Hall–Kier alpha value is -2.31. The van der Waals surface area contributed by atoms with E-state index in [4.69, 9.17) is 18.9 Å². The topological polar surface area (TPSA) is 228 Å². The van der Waals surface area contributed by atoms with Gasteiger partial charge < -0.3 is 65.1 Å². The third kappa shape index (κ3) is 29.7. The molecule has 2 rings (SSSR count). The molecule has 72 heavy (non-hydrogen) atoms. The molecule has 0 aliphatic carbocycles. The van der Waals surface area contributed by atoms with Crippen LogP contribution in [0.25, 0.3) is 0 Å². The minimum Gasteiger partial charge on any atom is -0.394 e. The summed E-state index contributed by atoms with van der Waals surface area (Å²) in [6.07, 6.45) is 39.9. The molecule has 0 spiro atoms. The van der Waals surface area contributed by atoms with E-state index in [0.29, 0.717) is 6.42 Å². The van der Waals surface area contributed by atoms with Crippen LogP contribution >= 0.6 is 0 Å². The molecule has 1 amide bonds. The maximum absolute atomic E-state index is 13.0. The van der Waals surface area contributed by atoms with Crippen molar-refractivity contribution in [3.63, 3.8) is 0 Å². The minimum atomic E-state index is -1.79. The molecule has 12 unspecified atom stereocenters. The van der Waals surface area contributed by atoms with Gasteiger partial charge in [-0.05, 0) is 51.4 Å². The number of hydrogen-bond acceptors (Lipinski definition) is 13. The van der Waals surface area contributed by atoms with Crippen LogP contribution in [0.2, 0.25) is 0 Å². The molecule has 0 radical (unpaired) electrons. The van der Waals surface area contributed by atoms with Gasteiger partial charge in [0.1, 0.15) is 48.8 Å². The quantitative estimate of drug-likeness (QED) is 0.0205. The van der Waals surface area contributed by atoms with Gasteiger partial charge >= 0.3 is 0 Å². The zero-order valence-electron chi connectivity index (χ0n) is 44.7. The Balaban J connectivity index is 1.48. The molecular formula is C58H103NO13. The molecule has 2 aliphatic heterocycles. The fourth-order valence-electron chi connectivity index (χ4n) is 9.11. The monoisotopic (exact) mass is 1020 g/mol. The molecule has 0 aromatic heterocycles. The summed E-state index contributed by atoms with van der Waals surface area (Å²) in [6.45, 7) is 2.45. The van der Waals surface area contributed by atoms with Crippen molar-refractivity contribution >= 4 is 5.91 Å².